The monoisotopic (exact) mass is 522 g/mol. The number of aryl methyl sites for hydroxylation is 1. The van der Waals surface area contributed by atoms with Crippen LogP contribution in [0, 0.1) is 6.92 Å². The Labute approximate surface area is 183 Å². The number of anilines is 1. The van der Waals surface area contributed by atoms with Crippen molar-refractivity contribution in [1.29, 1.82) is 0 Å². The van der Waals surface area contributed by atoms with Crippen LogP contribution in [0.4, 0.5) is 5.69 Å². The molecule has 3 rings (SSSR count). The first-order valence-electron chi connectivity index (χ1n) is 8.59. The number of carbonyl (C=O) groups excluding carboxylic acids is 4. The summed E-state index contributed by atoms with van der Waals surface area (Å²) in [7, 11) is 0. The fraction of sp³-hybridized carbons (Fsp3) is 0.200. The van der Waals surface area contributed by atoms with E-state index >= 15 is 0 Å². The Kier molecular flexibility index (Phi) is 6.18. The van der Waals surface area contributed by atoms with Crippen molar-refractivity contribution in [2.75, 3.05) is 11.9 Å². The molecule has 0 saturated carbocycles. The van der Waals surface area contributed by atoms with Crippen molar-refractivity contribution in [3.63, 3.8) is 0 Å². The molecule has 0 spiro atoms. The van der Waals surface area contributed by atoms with E-state index in [2.05, 4.69) is 37.2 Å². The smallest absolute Gasteiger partial charge is 0.329 e. The van der Waals surface area contributed by atoms with Gasteiger partial charge in [0.2, 0.25) is 0 Å². The number of imide groups is 1. The number of esters is 1. The summed E-state index contributed by atoms with van der Waals surface area (Å²) in [5.41, 5.74) is 1.97. The van der Waals surface area contributed by atoms with E-state index in [-0.39, 0.29) is 11.1 Å². The molecule has 2 aromatic rings. The highest BCUT2D eigenvalue weighted by atomic mass is 79.9. The lowest BCUT2D eigenvalue weighted by Gasteiger charge is -2.20. The van der Waals surface area contributed by atoms with Gasteiger partial charge in [-0.25, -0.2) is 4.79 Å². The molecule has 0 aliphatic carbocycles. The first kappa shape index (κ1) is 21.2. The summed E-state index contributed by atoms with van der Waals surface area (Å²) >= 11 is 6.74. The summed E-state index contributed by atoms with van der Waals surface area (Å²) < 4.78 is 6.36. The van der Waals surface area contributed by atoms with Crippen LogP contribution in [0.25, 0.3) is 0 Å². The molecule has 1 heterocycles. The van der Waals surface area contributed by atoms with Gasteiger partial charge in [0.25, 0.3) is 17.7 Å². The topological polar surface area (TPSA) is 92.8 Å². The minimum atomic E-state index is -1.16. The highest BCUT2D eigenvalue weighted by Gasteiger charge is 2.41. The molecule has 0 saturated heterocycles. The fourth-order valence-corrected chi connectivity index (χ4v) is 4.53. The average Bonchev–Trinajstić information content (AvgIpc) is 2.93. The molecule has 7 nitrogen and oxygen atoms in total. The minimum absolute atomic E-state index is 0.240. The lowest BCUT2D eigenvalue weighted by atomic mass is 10.1. The van der Waals surface area contributed by atoms with E-state index in [1.54, 1.807) is 12.1 Å². The molecule has 1 unspecified atom stereocenters. The Morgan fingerprint density at radius 3 is 2.10 bits per heavy atom. The van der Waals surface area contributed by atoms with Gasteiger partial charge >= 0.3 is 5.97 Å². The Morgan fingerprint density at radius 1 is 1.07 bits per heavy atom. The number of fused-ring (bicyclic) bond motifs is 1. The van der Waals surface area contributed by atoms with Gasteiger partial charge in [0.1, 0.15) is 6.04 Å². The van der Waals surface area contributed by atoms with Gasteiger partial charge in [-0.2, -0.15) is 0 Å². The zero-order chi connectivity index (χ0) is 21.3. The summed E-state index contributed by atoms with van der Waals surface area (Å²) in [5, 5.41) is 2.64. The Morgan fingerprint density at radius 2 is 1.59 bits per heavy atom. The maximum atomic E-state index is 12.4. The van der Waals surface area contributed by atoms with Crippen molar-refractivity contribution in [3.8, 4) is 0 Å². The predicted molar refractivity (Wildman–Crippen MR) is 113 cm³/mol. The fourth-order valence-electron chi connectivity index (χ4n) is 2.92. The number of amides is 3. The van der Waals surface area contributed by atoms with Crippen LogP contribution in [-0.2, 0) is 14.3 Å². The van der Waals surface area contributed by atoms with Crippen molar-refractivity contribution in [3.05, 3.63) is 62.0 Å². The van der Waals surface area contributed by atoms with E-state index in [1.165, 1.54) is 19.1 Å². The van der Waals surface area contributed by atoms with E-state index in [9.17, 15) is 19.2 Å². The van der Waals surface area contributed by atoms with Crippen LogP contribution in [0.1, 0.15) is 33.2 Å². The normalized spacial score (nSPS) is 13.9. The quantitative estimate of drug-likeness (QED) is 0.476. The SMILES string of the molecule is Cc1cc(Br)c(NC(=O)COC(=O)C(C)N2C(=O)c3ccccc3C2=O)c(Br)c1. The van der Waals surface area contributed by atoms with Gasteiger partial charge in [-0.15, -0.1) is 0 Å². The maximum Gasteiger partial charge on any atom is 0.329 e. The van der Waals surface area contributed by atoms with Gasteiger partial charge in [0, 0.05) is 8.95 Å². The van der Waals surface area contributed by atoms with Crippen LogP contribution in [0.2, 0.25) is 0 Å². The number of rotatable bonds is 5. The lowest BCUT2D eigenvalue weighted by molar-refractivity contribution is -0.150. The first-order valence-corrected chi connectivity index (χ1v) is 10.2. The number of benzene rings is 2. The van der Waals surface area contributed by atoms with Gasteiger partial charge in [-0.3, -0.25) is 19.3 Å². The largest absolute Gasteiger partial charge is 0.454 e. The molecule has 0 aromatic heterocycles. The molecule has 0 bridgehead atoms. The van der Waals surface area contributed by atoms with Crippen LogP contribution in [0.5, 0.6) is 0 Å². The Bertz CT molecular complexity index is 979. The third kappa shape index (κ3) is 4.25. The molecular weight excluding hydrogens is 508 g/mol. The molecule has 0 radical (unpaired) electrons. The zero-order valence-corrected chi connectivity index (χ0v) is 18.7. The Balaban J connectivity index is 1.62. The van der Waals surface area contributed by atoms with E-state index in [1.807, 2.05) is 19.1 Å². The van der Waals surface area contributed by atoms with Gasteiger partial charge in [-0.1, -0.05) is 12.1 Å². The summed E-state index contributed by atoms with van der Waals surface area (Å²) in [4.78, 5) is 50.3. The molecule has 29 heavy (non-hydrogen) atoms. The van der Waals surface area contributed by atoms with Gasteiger partial charge in [-0.05, 0) is 75.5 Å². The summed E-state index contributed by atoms with van der Waals surface area (Å²) in [6.45, 7) is 2.73. The second-order valence-electron chi connectivity index (χ2n) is 6.46. The molecule has 1 atom stereocenters. The van der Waals surface area contributed by atoms with Crippen LogP contribution in [-0.4, -0.2) is 41.2 Å². The molecule has 0 fully saturated rings. The van der Waals surface area contributed by atoms with Crippen LogP contribution < -0.4 is 5.32 Å². The number of hydrogen-bond donors (Lipinski definition) is 1. The first-order chi connectivity index (χ1) is 13.7. The zero-order valence-electron chi connectivity index (χ0n) is 15.5. The highest BCUT2D eigenvalue weighted by molar-refractivity contribution is 9.11. The summed E-state index contributed by atoms with van der Waals surface area (Å²) in [6.07, 6.45) is 0. The van der Waals surface area contributed by atoms with E-state index < -0.39 is 36.3 Å². The molecule has 1 aliphatic heterocycles. The molecular formula is C20H16Br2N2O5. The standard InChI is InChI=1S/C20H16Br2N2O5/c1-10-7-14(21)17(15(22)8-10)23-16(25)9-29-20(28)11(2)24-18(26)12-5-3-4-6-13(12)19(24)27/h3-8,11H,9H2,1-2H3,(H,23,25). The van der Waals surface area contributed by atoms with Crippen LogP contribution in [0.3, 0.4) is 0 Å². The van der Waals surface area contributed by atoms with Crippen LogP contribution >= 0.6 is 31.9 Å². The second-order valence-corrected chi connectivity index (χ2v) is 8.17. The lowest BCUT2D eigenvalue weighted by Crippen LogP contribution is -2.44. The molecule has 1 aliphatic rings. The minimum Gasteiger partial charge on any atom is -0.454 e. The number of carbonyl (C=O) groups is 4. The summed E-state index contributed by atoms with van der Waals surface area (Å²) in [5.74, 6) is -2.53. The van der Waals surface area contributed by atoms with Crippen molar-refractivity contribution < 1.29 is 23.9 Å². The van der Waals surface area contributed by atoms with E-state index in [4.69, 9.17) is 4.74 Å². The number of ether oxygens (including phenoxy) is 1. The predicted octanol–water partition coefficient (Wildman–Crippen LogP) is 3.69. The van der Waals surface area contributed by atoms with Gasteiger partial charge < -0.3 is 10.1 Å². The third-order valence-corrected chi connectivity index (χ3v) is 5.60. The molecule has 1 N–H and O–H groups in total. The maximum absolute atomic E-state index is 12.4. The summed E-state index contributed by atoms with van der Waals surface area (Å²) in [6, 6.07) is 8.84. The van der Waals surface area contributed by atoms with Crippen LogP contribution in [0.15, 0.2) is 45.3 Å². The molecule has 9 heteroatoms. The molecule has 2 aromatic carbocycles. The van der Waals surface area contributed by atoms with Crippen molar-refractivity contribution in [2.24, 2.45) is 0 Å². The number of halogens is 2. The van der Waals surface area contributed by atoms with E-state index in [0.29, 0.717) is 14.6 Å². The van der Waals surface area contributed by atoms with Gasteiger partial charge in [0.15, 0.2) is 6.61 Å². The second kappa shape index (κ2) is 8.46. The number of hydrogen-bond acceptors (Lipinski definition) is 5. The molecule has 3 amide bonds. The number of nitrogens with zero attached hydrogens (tertiary/aromatic N) is 1. The van der Waals surface area contributed by atoms with Gasteiger partial charge in [0.05, 0.1) is 16.8 Å². The highest BCUT2D eigenvalue weighted by Crippen LogP contribution is 2.32. The van der Waals surface area contributed by atoms with Crippen molar-refractivity contribution in [1.82, 2.24) is 4.90 Å². The average molecular weight is 524 g/mol. The van der Waals surface area contributed by atoms with Crippen molar-refractivity contribution >= 4 is 61.2 Å². The third-order valence-electron chi connectivity index (χ3n) is 4.35. The Hall–Kier alpha value is -2.52. The van der Waals surface area contributed by atoms with Crippen molar-refractivity contribution in [2.45, 2.75) is 19.9 Å². The van der Waals surface area contributed by atoms with E-state index in [0.717, 1.165) is 10.5 Å². The number of nitrogens with one attached hydrogen (secondary N) is 1. The molecule has 150 valence electrons.